The molecule has 0 amide bonds. The molecule has 3 heterocycles. The Labute approximate surface area is 164 Å². The molecule has 28 heavy (non-hydrogen) atoms. The summed E-state index contributed by atoms with van der Waals surface area (Å²) in [5, 5.41) is 4.30. The number of aryl methyl sites for hydroxylation is 2. The molecule has 0 aliphatic carbocycles. The van der Waals surface area contributed by atoms with E-state index in [4.69, 9.17) is 4.42 Å². The molecule has 1 aliphatic heterocycles. The molecule has 1 saturated heterocycles. The number of fused-ring (bicyclic) bond motifs is 1. The van der Waals surface area contributed by atoms with E-state index in [1.807, 2.05) is 50.7 Å². The number of nitrogens with one attached hydrogen (secondary N) is 1. The largest absolute Gasteiger partial charge is 0.422 e. The zero-order chi connectivity index (χ0) is 19.8. The summed E-state index contributed by atoms with van der Waals surface area (Å²) in [6.45, 7) is 11.8. The second kappa shape index (κ2) is 7.28. The van der Waals surface area contributed by atoms with Gasteiger partial charge in [0.2, 0.25) is 0 Å². The van der Waals surface area contributed by atoms with E-state index >= 15 is 0 Å². The number of anilines is 1. The normalized spacial score (nSPS) is 14.5. The molecule has 6 heteroatoms. The molecule has 146 valence electrons. The molecule has 1 N–H and O–H groups in total. The van der Waals surface area contributed by atoms with Crippen molar-refractivity contribution in [1.82, 2.24) is 14.9 Å². The molecule has 0 unspecified atom stereocenters. The number of hydrogen-bond acceptors (Lipinski definition) is 5. The van der Waals surface area contributed by atoms with Crippen molar-refractivity contribution in [2.75, 3.05) is 31.1 Å². The molecule has 0 spiro atoms. The molecule has 2 aromatic heterocycles. The summed E-state index contributed by atoms with van der Waals surface area (Å²) in [5.41, 5.74) is 4.62. The second-order valence-electron chi connectivity index (χ2n) is 7.59. The van der Waals surface area contributed by atoms with Gasteiger partial charge in [-0.3, -0.25) is 0 Å². The molecule has 6 nitrogen and oxygen atoms in total. The van der Waals surface area contributed by atoms with Crippen molar-refractivity contribution in [2.45, 2.75) is 27.7 Å². The van der Waals surface area contributed by atoms with Crippen LogP contribution in [-0.4, -0.2) is 35.7 Å². The first-order valence-corrected chi connectivity index (χ1v) is 9.68. The van der Waals surface area contributed by atoms with Gasteiger partial charge < -0.3 is 19.2 Å². The van der Waals surface area contributed by atoms with Gasteiger partial charge >= 0.3 is 5.63 Å². The molecule has 0 bridgehead atoms. The highest BCUT2D eigenvalue weighted by atomic mass is 16.4. The minimum Gasteiger partial charge on any atom is -0.422 e. The first-order valence-electron chi connectivity index (χ1n) is 9.68. The van der Waals surface area contributed by atoms with Gasteiger partial charge in [-0.1, -0.05) is 5.57 Å². The Kier molecular flexibility index (Phi) is 4.81. The van der Waals surface area contributed by atoms with Crippen molar-refractivity contribution >= 4 is 22.9 Å². The molecule has 1 aliphatic rings. The highest BCUT2D eigenvalue weighted by Crippen LogP contribution is 2.29. The molecule has 3 aromatic rings. The summed E-state index contributed by atoms with van der Waals surface area (Å²) < 4.78 is 7.67. The van der Waals surface area contributed by atoms with Crippen molar-refractivity contribution in [3.8, 4) is 11.3 Å². The van der Waals surface area contributed by atoms with Crippen LogP contribution in [-0.2, 0) is 0 Å². The Balaban J connectivity index is 1.81. The van der Waals surface area contributed by atoms with E-state index in [1.165, 1.54) is 0 Å². The van der Waals surface area contributed by atoms with Crippen molar-refractivity contribution in [3.05, 3.63) is 51.8 Å². The Bertz CT molecular complexity index is 1110. The summed E-state index contributed by atoms with van der Waals surface area (Å²) in [4.78, 5) is 19.7. The van der Waals surface area contributed by atoms with Gasteiger partial charge in [0, 0.05) is 55.7 Å². The third-order valence-electron chi connectivity index (χ3n) is 5.20. The Hall–Kier alpha value is -2.86. The van der Waals surface area contributed by atoms with Crippen LogP contribution in [0.2, 0.25) is 0 Å². The van der Waals surface area contributed by atoms with E-state index in [1.54, 1.807) is 0 Å². The number of piperazine rings is 1. The van der Waals surface area contributed by atoms with Gasteiger partial charge in [-0.2, -0.15) is 0 Å². The topological polar surface area (TPSA) is 63.3 Å². The lowest BCUT2D eigenvalue weighted by atomic mass is 10.0. The lowest BCUT2D eigenvalue weighted by Gasteiger charge is -2.29. The highest BCUT2D eigenvalue weighted by Gasteiger charge is 2.18. The zero-order valence-corrected chi connectivity index (χ0v) is 16.9. The van der Waals surface area contributed by atoms with Crippen molar-refractivity contribution < 1.29 is 4.42 Å². The number of imidazole rings is 1. The molecule has 1 aromatic carbocycles. The Morgan fingerprint density at radius 2 is 1.96 bits per heavy atom. The van der Waals surface area contributed by atoms with Crippen LogP contribution in [0, 0.1) is 13.8 Å². The molecular formula is C22H26N4O2. The van der Waals surface area contributed by atoms with E-state index in [-0.39, 0.29) is 5.63 Å². The number of aromatic nitrogens is 2. The van der Waals surface area contributed by atoms with E-state index in [0.717, 1.165) is 54.2 Å². The van der Waals surface area contributed by atoms with E-state index in [2.05, 4.69) is 27.3 Å². The molecule has 1 fully saturated rings. The maximum absolute atomic E-state index is 12.8. The highest BCUT2D eigenvalue weighted by molar-refractivity contribution is 5.88. The molecule has 0 radical (unpaired) electrons. The monoisotopic (exact) mass is 378 g/mol. The molecule has 0 atom stereocenters. The maximum Gasteiger partial charge on any atom is 0.346 e. The second-order valence-corrected chi connectivity index (χ2v) is 7.59. The predicted octanol–water partition coefficient (Wildman–Crippen LogP) is 3.56. The third-order valence-corrected chi connectivity index (χ3v) is 5.20. The Morgan fingerprint density at radius 3 is 2.68 bits per heavy atom. The van der Waals surface area contributed by atoms with Gasteiger partial charge in [0.15, 0.2) is 0 Å². The number of nitrogens with zero attached hydrogens (tertiary/aromatic N) is 3. The van der Waals surface area contributed by atoms with Gasteiger partial charge in [0.25, 0.3) is 0 Å². The van der Waals surface area contributed by atoms with Gasteiger partial charge in [-0.25, -0.2) is 9.78 Å². The SMILES string of the molecule is CC(C)=Cn1cc(-c2c(C)c3ccc(N4CCNCC4)cc3oc2=O)nc1C. The van der Waals surface area contributed by atoms with E-state index < -0.39 is 0 Å². The van der Waals surface area contributed by atoms with Crippen molar-refractivity contribution in [2.24, 2.45) is 0 Å². The molecule has 4 rings (SSSR count). The minimum atomic E-state index is -0.343. The van der Waals surface area contributed by atoms with Crippen LogP contribution in [0.25, 0.3) is 28.4 Å². The Morgan fingerprint density at radius 1 is 1.21 bits per heavy atom. The number of rotatable bonds is 3. The quantitative estimate of drug-likeness (QED) is 0.706. The summed E-state index contributed by atoms with van der Waals surface area (Å²) in [7, 11) is 0. The maximum atomic E-state index is 12.8. The summed E-state index contributed by atoms with van der Waals surface area (Å²) in [6.07, 6.45) is 3.89. The number of benzene rings is 1. The average molecular weight is 378 g/mol. The van der Waals surface area contributed by atoms with Crippen LogP contribution in [0.4, 0.5) is 5.69 Å². The molecular weight excluding hydrogens is 352 g/mol. The van der Waals surface area contributed by atoms with E-state index in [9.17, 15) is 4.79 Å². The number of allylic oxidation sites excluding steroid dienone is 1. The van der Waals surface area contributed by atoms with Crippen LogP contribution in [0.1, 0.15) is 25.2 Å². The fraction of sp³-hybridized carbons (Fsp3) is 0.364. The summed E-state index contributed by atoms with van der Waals surface area (Å²) in [6, 6.07) is 6.14. The lowest BCUT2D eigenvalue weighted by molar-refractivity contribution is 0.560. The van der Waals surface area contributed by atoms with Crippen LogP contribution in [0.5, 0.6) is 0 Å². The summed E-state index contributed by atoms with van der Waals surface area (Å²) >= 11 is 0. The van der Waals surface area contributed by atoms with E-state index in [0.29, 0.717) is 16.8 Å². The first kappa shape index (κ1) is 18.5. The average Bonchev–Trinajstić information content (AvgIpc) is 3.01. The third kappa shape index (κ3) is 3.36. The van der Waals surface area contributed by atoms with Crippen LogP contribution in [0.15, 0.2) is 39.2 Å². The van der Waals surface area contributed by atoms with Gasteiger partial charge in [0.1, 0.15) is 11.4 Å². The standard InChI is InChI=1S/C22H26N4O2/c1-14(2)12-26-13-19(24-16(26)4)21-15(3)18-6-5-17(11-20(18)28-22(21)27)25-9-7-23-8-10-25/h5-6,11-13,23H,7-10H2,1-4H3. The van der Waals surface area contributed by atoms with Gasteiger partial charge in [-0.15, -0.1) is 0 Å². The van der Waals surface area contributed by atoms with Crippen molar-refractivity contribution in [3.63, 3.8) is 0 Å². The van der Waals surface area contributed by atoms with Crippen molar-refractivity contribution in [1.29, 1.82) is 0 Å². The first-order chi connectivity index (χ1) is 13.4. The van der Waals surface area contributed by atoms with Crippen LogP contribution < -0.4 is 15.8 Å². The zero-order valence-electron chi connectivity index (χ0n) is 16.9. The lowest BCUT2D eigenvalue weighted by Crippen LogP contribution is -2.43. The smallest absolute Gasteiger partial charge is 0.346 e. The predicted molar refractivity (Wildman–Crippen MR) is 114 cm³/mol. The van der Waals surface area contributed by atoms with Gasteiger partial charge in [-0.05, 0) is 45.4 Å². The summed E-state index contributed by atoms with van der Waals surface area (Å²) in [5.74, 6) is 0.837. The molecule has 0 saturated carbocycles. The fourth-order valence-corrected chi connectivity index (χ4v) is 3.78. The van der Waals surface area contributed by atoms with Gasteiger partial charge in [0.05, 0.1) is 11.3 Å². The number of hydrogen-bond donors (Lipinski definition) is 1. The van der Waals surface area contributed by atoms with Crippen LogP contribution >= 0.6 is 0 Å². The van der Waals surface area contributed by atoms with Crippen LogP contribution in [0.3, 0.4) is 0 Å². The fourth-order valence-electron chi connectivity index (χ4n) is 3.78. The minimum absolute atomic E-state index is 0.343.